The van der Waals surface area contributed by atoms with Crippen LogP contribution in [-0.2, 0) is 11.2 Å². The van der Waals surface area contributed by atoms with E-state index in [2.05, 4.69) is 10.6 Å². The Hall–Kier alpha value is -3.60. The Kier molecular flexibility index (Phi) is 7.00. The van der Waals surface area contributed by atoms with Gasteiger partial charge >= 0.3 is 0 Å². The first-order valence-electron chi connectivity index (χ1n) is 9.46. The van der Waals surface area contributed by atoms with Gasteiger partial charge in [-0.1, -0.05) is 66.7 Å². The first kappa shape index (κ1) is 20.1. The zero-order valence-corrected chi connectivity index (χ0v) is 16.3. The summed E-state index contributed by atoms with van der Waals surface area (Å²) >= 11 is 0. The van der Waals surface area contributed by atoms with Crippen LogP contribution in [0.5, 0.6) is 5.75 Å². The van der Waals surface area contributed by atoms with Gasteiger partial charge in [0.1, 0.15) is 5.75 Å². The Morgan fingerprint density at radius 3 is 2.28 bits per heavy atom. The minimum absolute atomic E-state index is 0.103. The van der Waals surface area contributed by atoms with Gasteiger partial charge < -0.3 is 15.4 Å². The van der Waals surface area contributed by atoms with E-state index in [4.69, 9.17) is 4.74 Å². The van der Waals surface area contributed by atoms with Crippen LogP contribution in [0.15, 0.2) is 84.9 Å². The molecule has 0 radical (unpaired) electrons. The molecule has 0 saturated carbocycles. The molecule has 0 aliphatic carbocycles. The molecule has 0 aliphatic heterocycles. The number of benzene rings is 3. The molecule has 0 aliphatic rings. The van der Waals surface area contributed by atoms with Crippen LogP contribution < -0.4 is 15.4 Å². The van der Waals surface area contributed by atoms with Crippen LogP contribution in [0, 0.1) is 0 Å². The maximum absolute atomic E-state index is 12.5. The van der Waals surface area contributed by atoms with Gasteiger partial charge in [0.15, 0.2) is 0 Å². The van der Waals surface area contributed by atoms with Gasteiger partial charge in [0.2, 0.25) is 5.91 Å². The highest BCUT2D eigenvalue weighted by Crippen LogP contribution is 2.18. The van der Waals surface area contributed by atoms with Crippen LogP contribution >= 0.6 is 0 Å². The third-order valence-electron chi connectivity index (χ3n) is 4.56. The molecular formula is C24H24N2O3. The Morgan fingerprint density at radius 2 is 1.59 bits per heavy atom. The van der Waals surface area contributed by atoms with Gasteiger partial charge in [0.25, 0.3) is 5.91 Å². The lowest BCUT2D eigenvalue weighted by Crippen LogP contribution is -2.39. The fourth-order valence-electron chi connectivity index (χ4n) is 3.06. The van der Waals surface area contributed by atoms with Gasteiger partial charge in [0, 0.05) is 5.56 Å². The molecule has 3 rings (SSSR count). The second kappa shape index (κ2) is 10.1. The van der Waals surface area contributed by atoms with Crippen molar-refractivity contribution >= 4 is 11.8 Å². The molecule has 2 N–H and O–H groups in total. The number of rotatable bonds is 8. The molecule has 0 aromatic heterocycles. The molecule has 0 fully saturated rings. The molecule has 0 spiro atoms. The van der Waals surface area contributed by atoms with E-state index in [-0.39, 0.29) is 24.4 Å². The third kappa shape index (κ3) is 5.94. The highest BCUT2D eigenvalue weighted by molar-refractivity contribution is 5.96. The van der Waals surface area contributed by atoms with E-state index >= 15 is 0 Å². The van der Waals surface area contributed by atoms with Crippen molar-refractivity contribution in [3.63, 3.8) is 0 Å². The van der Waals surface area contributed by atoms with Crippen molar-refractivity contribution in [3.05, 3.63) is 102 Å². The maximum Gasteiger partial charge on any atom is 0.251 e. The van der Waals surface area contributed by atoms with E-state index in [0.29, 0.717) is 17.7 Å². The molecule has 2 amide bonds. The summed E-state index contributed by atoms with van der Waals surface area (Å²) < 4.78 is 5.13. The Morgan fingerprint density at radius 1 is 0.897 bits per heavy atom. The van der Waals surface area contributed by atoms with Crippen LogP contribution in [0.2, 0.25) is 0 Å². The van der Waals surface area contributed by atoms with E-state index in [1.54, 1.807) is 31.4 Å². The first-order valence-corrected chi connectivity index (χ1v) is 9.46. The van der Waals surface area contributed by atoms with Crippen LogP contribution in [0.3, 0.4) is 0 Å². The molecule has 148 valence electrons. The van der Waals surface area contributed by atoms with Crippen molar-refractivity contribution in [1.82, 2.24) is 10.6 Å². The lowest BCUT2D eigenvalue weighted by molar-refractivity contribution is -0.120. The van der Waals surface area contributed by atoms with Crippen molar-refractivity contribution in [2.24, 2.45) is 0 Å². The number of hydrogen-bond acceptors (Lipinski definition) is 3. The van der Waals surface area contributed by atoms with E-state index in [1.165, 1.54) is 0 Å². The lowest BCUT2D eigenvalue weighted by Gasteiger charge is -2.20. The summed E-state index contributed by atoms with van der Waals surface area (Å²) in [5.74, 6) is 0.0264. The second-order valence-corrected chi connectivity index (χ2v) is 6.64. The second-order valence-electron chi connectivity index (χ2n) is 6.64. The Balaban J connectivity index is 1.62. The van der Waals surface area contributed by atoms with E-state index in [1.807, 2.05) is 60.7 Å². The molecule has 1 atom stereocenters. The molecule has 5 heteroatoms. The highest BCUT2D eigenvalue weighted by atomic mass is 16.5. The smallest absolute Gasteiger partial charge is 0.251 e. The molecule has 0 heterocycles. The first-order chi connectivity index (χ1) is 14.2. The Bertz CT molecular complexity index is 943. The van der Waals surface area contributed by atoms with E-state index in [9.17, 15) is 9.59 Å². The molecule has 3 aromatic rings. The standard InChI is InChI=1S/C24H24N2O3/c1-29-21-14-8-13-20(16-21)24(28)25-17-23(27)26-22(19-11-6-3-7-12-19)15-18-9-4-2-5-10-18/h2-14,16,22H,15,17H2,1H3,(H,25,28)(H,26,27). The van der Waals surface area contributed by atoms with Gasteiger partial charge in [0.05, 0.1) is 19.7 Å². The summed E-state index contributed by atoms with van der Waals surface area (Å²) in [6.45, 7) is -0.103. The van der Waals surface area contributed by atoms with Crippen molar-refractivity contribution in [3.8, 4) is 5.75 Å². The quantitative estimate of drug-likeness (QED) is 0.620. The molecule has 0 saturated heterocycles. The molecule has 29 heavy (non-hydrogen) atoms. The number of amides is 2. The number of carbonyl (C=O) groups excluding carboxylic acids is 2. The average molecular weight is 388 g/mol. The van der Waals surface area contributed by atoms with Gasteiger partial charge in [-0.15, -0.1) is 0 Å². The van der Waals surface area contributed by atoms with Crippen LogP contribution in [0.25, 0.3) is 0 Å². The molecule has 0 bridgehead atoms. The van der Waals surface area contributed by atoms with Crippen LogP contribution in [-0.4, -0.2) is 25.5 Å². The normalized spacial score (nSPS) is 11.3. The largest absolute Gasteiger partial charge is 0.497 e. The van der Waals surface area contributed by atoms with E-state index < -0.39 is 0 Å². The summed E-state index contributed by atoms with van der Waals surface area (Å²) in [5.41, 5.74) is 2.59. The summed E-state index contributed by atoms with van der Waals surface area (Å²) in [4.78, 5) is 24.8. The number of hydrogen-bond donors (Lipinski definition) is 2. The molecular weight excluding hydrogens is 364 g/mol. The minimum atomic E-state index is -0.321. The number of nitrogens with one attached hydrogen (secondary N) is 2. The summed E-state index contributed by atoms with van der Waals surface area (Å²) in [7, 11) is 1.54. The zero-order valence-electron chi connectivity index (χ0n) is 16.3. The molecule has 3 aromatic carbocycles. The number of carbonyl (C=O) groups is 2. The van der Waals surface area contributed by atoms with Crippen LogP contribution in [0.4, 0.5) is 0 Å². The topological polar surface area (TPSA) is 67.4 Å². The fraction of sp³-hybridized carbons (Fsp3) is 0.167. The van der Waals surface area contributed by atoms with Gasteiger partial charge in [-0.25, -0.2) is 0 Å². The predicted octanol–water partition coefficient (Wildman–Crippen LogP) is 3.53. The van der Waals surface area contributed by atoms with Gasteiger partial charge in [-0.2, -0.15) is 0 Å². The van der Waals surface area contributed by atoms with Gasteiger partial charge in [-0.05, 0) is 35.7 Å². The SMILES string of the molecule is COc1cccc(C(=O)NCC(=O)NC(Cc2ccccc2)c2ccccc2)c1. The predicted molar refractivity (Wildman–Crippen MR) is 113 cm³/mol. The third-order valence-corrected chi connectivity index (χ3v) is 4.56. The van der Waals surface area contributed by atoms with E-state index in [0.717, 1.165) is 11.1 Å². The average Bonchev–Trinajstić information content (AvgIpc) is 2.78. The minimum Gasteiger partial charge on any atom is -0.497 e. The Labute approximate surface area is 170 Å². The van der Waals surface area contributed by atoms with Crippen molar-refractivity contribution in [2.45, 2.75) is 12.5 Å². The number of ether oxygens (including phenoxy) is 1. The van der Waals surface area contributed by atoms with Crippen LogP contribution in [0.1, 0.15) is 27.5 Å². The highest BCUT2D eigenvalue weighted by Gasteiger charge is 2.16. The summed E-state index contributed by atoms with van der Waals surface area (Å²) in [6, 6.07) is 26.4. The summed E-state index contributed by atoms with van der Waals surface area (Å²) in [5, 5.41) is 5.70. The zero-order chi connectivity index (χ0) is 20.5. The van der Waals surface area contributed by atoms with Gasteiger partial charge in [-0.3, -0.25) is 9.59 Å². The monoisotopic (exact) mass is 388 g/mol. The van der Waals surface area contributed by atoms with Crippen molar-refractivity contribution in [1.29, 1.82) is 0 Å². The van der Waals surface area contributed by atoms with Crippen molar-refractivity contribution < 1.29 is 14.3 Å². The fourth-order valence-corrected chi connectivity index (χ4v) is 3.06. The summed E-state index contributed by atoms with van der Waals surface area (Å²) in [6.07, 6.45) is 0.667. The van der Waals surface area contributed by atoms with Crippen molar-refractivity contribution in [2.75, 3.05) is 13.7 Å². The maximum atomic E-state index is 12.5. The molecule has 1 unspecified atom stereocenters. The number of methoxy groups -OCH3 is 1. The lowest BCUT2D eigenvalue weighted by atomic mass is 9.99. The molecule has 5 nitrogen and oxygen atoms in total.